The predicted molar refractivity (Wildman–Crippen MR) is 97.9 cm³/mol. The van der Waals surface area contributed by atoms with Gasteiger partial charge in [0, 0.05) is 21.7 Å². The van der Waals surface area contributed by atoms with Gasteiger partial charge in [-0.25, -0.2) is 13.4 Å². The van der Waals surface area contributed by atoms with Gasteiger partial charge in [-0.05, 0) is 43.3 Å². The van der Waals surface area contributed by atoms with E-state index >= 15 is 0 Å². The average Bonchev–Trinajstić information content (AvgIpc) is 2.89. The van der Waals surface area contributed by atoms with Crippen LogP contribution in [0.4, 0.5) is 5.69 Å². The van der Waals surface area contributed by atoms with Crippen LogP contribution in [0.15, 0.2) is 48.5 Å². The van der Waals surface area contributed by atoms with Crippen LogP contribution < -0.4 is 4.72 Å². The number of aromatic hydroxyl groups is 1. The Morgan fingerprint density at radius 3 is 2.17 bits per heavy atom. The maximum atomic E-state index is 11.3. The standard InChI is InChI=1S/C17H16N2O3S2/c1-11-16(12-3-7-14(8-4-12)19-24(2,21)22)18-17(23-11)13-5-9-15(20)10-6-13/h3-10,19-20H,1-2H3. The molecule has 2 aromatic carbocycles. The molecule has 0 aliphatic heterocycles. The lowest BCUT2D eigenvalue weighted by Crippen LogP contribution is -2.09. The molecule has 0 spiro atoms. The second-order valence-corrected chi connectivity index (χ2v) is 8.37. The van der Waals surface area contributed by atoms with Crippen molar-refractivity contribution < 1.29 is 13.5 Å². The molecule has 124 valence electrons. The fourth-order valence-electron chi connectivity index (χ4n) is 2.30. The fraction of sp³-hybridized carbons (Fsp3) is 0.118. The van der Waals surface area contributed by atoms with Gasteiger partial charge in [0.1, 0.15) is 10.8 Å². The zero-order valence-corrected chi connectivity index (χ0v) is 14.8. The molecule has 0 saturated carbocycles. The van der Waals surface area contributed by atoms with Crippen molar-refractivity contribution in [2.24, 2.45) is 0 Å². The summed E-state index contributed by atoms with van der Waals surface area (Å²) in [6.07, 6.45) is 1.12. The molecule has 0 aliphatic rings. The van der Waals surface area contributed by atoms with E-state index < -0.39 is 10.0 Å². The van der Waals surface area contributed by atoms with Crippen LogP contribution in [0.25, 0.3) is 21.8 Å². The molecule has 7 heteroatoms. The van der Waals surface area contributed by atoms with Crippen LogP contribution in [0.2, 0.25) is 0 Å². The Hall–Kier alpha value is -2.38. The monoisotopic (exact) mass is 360 g/mol. The number of benzene rings is 2. The van der Waals surface area contributed by atoms with E-state index in [2.05, 4.69) is 9.71 Å². The van der Waals surface area contributed by atoms with Crippen molar-refractivity contribution in [3.05, 3.63) is 53.4 Å². The summed E-state index contributed by atoms with van der Waals surface area (Å²) in [5.74, 6) is 0.223. The van der Waals surface area contributed by atoms with Gasteiger partial charge in [0.25, 0.3) is 0 Å². The van der Waals surface area contributed by atoms with E-state index in [1.807, 2.05) is 31.2 Å². The lowest BCUT2D eigenvalue weighted by molar-refractivity contribution is 0.475. The number of aryl methyl sites for hydroxylation is 1. The van der Waals surface area contributed by atoms with Gasteiger partial charge in [-0.15, -0.1) is 11.3 Å². The van der Waals surface area contributed by atoms with Crippen molar-refractivity contribution in [1.29, 1.82) is 0 Å². The Kier molecular flexibility index (Phi) is 4.29. The van der Waals surface area contributed by atoms with Gasteiger partial charge in [-0.3, -0.25) is 4.72 Å². The third-order valence-corrected chi connectivity index (χ3v) is 5.00. The van der Waals surface area contributed by atoms with E-state index in [0.717, 1.165) is 33.0 Å². The molecular formula is C17H16N2O3S2. The number of aromatic nitrogens is 1. The normalized spacial score (nSPS) is 11.4. The largest absolute Gasteiger partial charge is 0.508 e. The molecule has 24 heavy (non-hydrogen) atoms. The number of hydrogen-bond donors (Lipinski definition) is 2. The highest BCUT2D eigenvalue weighted by molar-refractivity contribution is 7.92. The number of hydrogen-bond acceptors (Lipinski definition) is 5. The zero-order valence-electron chi connectivity index (χ0n) is 13.1. The number of anilines is 1. The molecule has 0 radical (unpaired) electrons. The summed E-state index contributed by atoms with van der Waals surface area (Å²) in [6, 6.07) is 14.1. The highest BCUT2D eigenvalue weighted by Crippen LogP contribution is 2.34. The molecule has 0 saturated heterocycles. The molecule has 0 atom stereocenters. The lowest BCUT2D eigenvalue weighted by atomic mass is 10.1. The molecule has 3 aromatic rings. The van der Waals surface area contributed by atoms with Gasteiger partial charge >= 0.3 is 0 Å². The molecule has 3 rings (SSSR count). The van der Waals surface area contributed by atoms with Gasteiger partial charge in [-0.1, -0.05) is 12.1 Å². The van der Waals surface area contributed by atoms with Gasteiger partial charge in [-0.2, -0.15) is 0 Å². The summed E-state index contributed by atoms with van der Waals surface area (Å²) >= 11 is 1.58. The van der Waals surface area contributed by atoms with Gasteiger partial charge < -0.3 is 5.11 Å². The maximum absolute atomic E-state index is 11.3. The van der Waals surface area contributed by atoms with Crippen LogP contribution in [0.1, 0.15) is 4.88 Å². The summed E-state index contributed by atoms with van der Waals surface area (Å²) in [5, 5.41) is 10.3. The van der Waals surface area contributed by atoms with Crippen molar-refractivity contribution in [2.45, 2.75) is 6.92 Å². The van der Waals surface area contributed by atoms with Crippen LogP contribution in [-0.4, -0.2) is 24.8 Å². The number of nitrogens with one attached hydrogen (secondary N) is 1. The highest BCUT2D eigenvalue weighted by atomic mass is 32.2. The van der Waals surface area contributed by atoms with E-state index in [-0.39, 0.29) is 5.75 Å². The molecule has 0 bridgehead atoms. The molecule has 5 nitrogen and oxygen atoms in total. The lowest BCUT2D eigenvalue weighted by Gasteiger charge is -2.05. The van der Waals surface area contributed by atoms with Gasteiger partial charge in [0.2, 0.25) is 10.0 Å². The first-order chi connectivity index (χ1) is 11.3. The van der Waals surface area contributed by atoms with Crippen molar-refractivity contribution >= 4 is 27.0 Å². The van der Waals surface area contributed by atoms with Crippen LogP contribution in [0, 0.1) is 6.92 Å². The maximum Gasteiger partial charge on any atom is 0.229 e. The predicted octanol–water partition coefficient (Wildman–Crippen LogP) is 3.86. The van der Waals surface area contributed by atoms with E-state index in [0.29, 0.717) is 5.69 Å². The number of rotatable bonds is 4. The van der Waals surface area contributed by atoms with E-state index in [1.54, 1.807) is 35.6 Å². The van der Waals surface area contributed by atoms with Crippen molar-refractivity contribution in [1.82, 2.24) is 4.98 Å². The molecule has 1 heterocycles. The van der Waals surface area contributed by atoms with Crippen LogP contribution in [0.3, 0.4) is 0 Å². The van der Waals surface area contributed by atoms with E-state index in [4.69, 9.17) is 0 Å². The number of sulfonamides is 1. The molecular weight excluding hydrogens is 344 g/mol. The quantitative estimate of drug-likeness (QED) is 0.740. The number of nitrogens with zero attached hydrogens (tertiary/aromatic N) is 1. The summed E-state index contributed by atoms with van der Waals surface area (Å²) in [7, 11) is -3.28. The topological polar surface area (TPSA) is 79.3 Å². The van der Waals surface area contributed by atoms with Crippen LogP contribution in [0.5, 0.6) is 5.75 Å². The first-order valence-corrected chi connectivity index (χ1v) is 9.88. The highest BCUT2D eigenvalue weighted by Gasteiger charge is 2.12. The second kappa shape index (κ2) is 6.26. The molecule has 0 fully saturated rings. The van der Waals surface area contributed by atoms with Crippen molar-refractivity contribution in [3.63, 3.8) is 0 Å². The second-order valence-electron chi connectivity index (χ2n) is 5.42. The van der Waals surface area contributed by atoms with E-state index in [1.165, 1.54) is 0 Å². The first kappa shape index (κ1) is 16.5. The Morgan fingerprint density at radius 2 is 1.58 bits per heavy atom. The number of phenolic OH excluding ortho intramolecular Hbond substituents is 1. The fourth-order valence-corrected chi connectivity index (χ4v) is 3.81. The van der Waals surface area contributed by atoms with Crippen molar-refractivity contribution in [3.8, 4) is 27.6 Å². The van der Waals surface area contributed by atoms with Crippen molar-refractivity contribution in [2.75, 3.05) is 11.0 Å². The summed E-state index contributed by atoms with van der Waals surface area (Å²) in [6.45, 7) is 2.00. The van der Waals surface area contributed by atoms with Gasteiger partial charge in [0.05, 0.1) is 11.9 Å². The molecule has 0 unspecified atom stereocenters. The molecule has 0 amide bonds. The summed E-state index contributed by atoms with van der Waals surface area (Å²) in [4.78, 5) is 5.75. The van der Waals surface area contributed by atoms with Gasteiger partial charge in [0.15, 0.2) is 0 Å². The Balaban J connectivity index is 1.91. The minimum Gasteiger partial charge on any atom is -0.508 e. The third-order valence-electron chi connectivity index (χ3n) is 3.37. The summed E-state index contributed by atoms with van der Waals surface area (Å²) < 4.78 is 25.0. The SMILES string of the molecule is Cc1sc(-c2ccc(O)cc2)nc1-c1ccc(NS(C)(=O)=O)cc1. The number of thiazole rings is 1. The molecule has 1 aromatic heterocycles. The number of phenols is 1. The zero-order chi connectivity index (χ0) is 17.3. The minimum atomic E-state index is -3.28. The minimum absolute atomic E-state index is 0.223. The van der Waals surface area contributed by atoms with E-state index in [9.17, 15) is 13.5 Å². The first-order valence-electron chi connectivity index (χ1n) is 7.17. The Morgan fingerprint density at radius 1 is 1.00 bits per heavy atom. The Bertz CT molecular complexity index is 960. The third kappa shape index (κ3) is 3.74. The van der Waals surface area contributed by atoms with Crippen LogP contribution >= 0.6 is 11.3 Å². The summed E-state index contributed by atoms with van der Waals surface area (Å²) in [5.41, 5.74) is 3.26. The Labute approximate surface area is 144 Å². The average molecular weight is 360 g/mol. The molecule has 2 N–H and O–H groups in total. The van der Waals surface area contributed by atoms with Crippen LogP contribution in [-0.2, 0) is 10.0 Å². The molecule has 0 aliphatic carbocycles. The smallest absolute Gasteiger partial charge is 0.229 e.